The second-order valence-electron chi connectivity index (χ2n) is 5.94. The molecule has 26 heavy (non-hydrogen) atoms. The number of benzene rings is 2. The first-order valence-electron chi connectivity index (χ1n) is 8.13. The lowest BCUT2D eigenvalue weighted by atomic mass is 10.1. The number of hydrogen-bond acceptors (Lipinski definition) is 5. The molecule has 0 aliphatic rings. The number of rotatable bonds is 6. The van der Waals surface area contributed by atoms with Gasteiger partial charge in [-0.25, -0.2) is 18.5 Å². The summed E-state index contributed by atoms with van der Waals surface area (Å²) in [5, 5.41) is 6.06. The molecule has 8 heteroatoms. The highest BCUT2D eigenvalue weighted by molar-refractivity contribution is 7.98. The summed E-state index contributed by atoms with van der Waals surface area (Å²) in [6.45, 7) is 4.81. The molecule has 0 aliphatic heterocycles. The number of aryl methyl sites for hydroxylation is 2. The molecule has 0 aliphatic carbocycles. The average molecular weight is 392 g/mol. The highest BCUT2D eigenvalue weighted by Gasteiger charge is 2.15. The second kappa shape index (κ2) is 7.30. The highest BCUT2D eigenvalue weighted by atomic mass is 32.2. The summed E-state index contributed by atoms with van der Waals surface area (Å²) in [5.74, 6) is 1.55. The quantitative estimate of drug-likeness (QED) is 0.652. The SMILES string of the molecule is CCn1c(SCc2cc(C)ccc2OC)nc2cc(S(N)(=O)=O)ccc21. The number of hydrogen-bond donors (Lipinski definition) is 1. The molecule has 0 unspecified atom stereocenters. The number of nitrogens with zero attached hydrogens (tertiary/aromatic N) is 2. The molecule has 3 rings (SSSR count). The third kappa shape index (κ3) is 3.72. The van der Waals surface area contributed by atoms with Crippen LogP contribution in [0.25, 0.3) is 11.0 Å². The van der Waals surface area contributed by atoms with E-state index in [2.05, 4.69) is 15.6 Å². The minimum atomic E-state index is -3.75. The molecular weight excluding hydrogens is 370 g/mol. The number of primary sulfonamides is 1. The molecule has 0 spiro atoms. The predicted molar refractivity (Wildman–Crippen MR) is 104 cm³/mol. The number of fused-ring (bicyclic) bond motifs is 1. The normalized spacial score (nSPS) is 11.8. The molecule has 2 aromatic carbocycles. The zero-order chi connectivity index (χ0) is 18.9. The zero-order valence-electron chi connectivity index (χ0n) is 14.9. The van der Waals surface area contributed by atoms with Crippen LogP contribution < -0.4 is 9.88 Å². The van der Waals surface area contributed by atoms with E-state index < -0.39 is 10.0 Å². The Hall–Kier alpha value is -2.03. The van der Waals surface area contributed by atoms with Crippen molar-refractivity contribution < 1.29 is 13.2 Å². The summed E-state index contributed by atoms with van der Waals surface area (Å²) in [6, 6.07) is 10.9. The van der Waals surface area contributed by atoms with Crippen LogP contribution >= 0.6 is 11.8 Å². The molecule has 138 valence electrons. The molecule has 0 atom stereocenters. The van der Waals surface area contributed by atoms with Gasteiger partial charge < -0.3 is 9.30 Å². The van der Waals surface area contributed by atoms with Crippen molar-refractivity contribution in [3.8, 4) is 5.75 Å². The summed E-state index contributed by atoms with van der Waals surface area (Å²) in [4.78, 5) is 4.69. The molecule has 0 saturated carbocycles. The van der Waals surface area contributed by atoms with Crippen LogP contribution in [0.5, 0.6) is 5.75 Å². The van der Waals surface area contributed by atoms with E-state index in [0.29, 0.717) is 11.3 Å². The van der Waals surface area contributed by atoms with Gasteiger partial charge in [0.05, 0.1) is 23.0 Å². The van der Waals surface area contributed by atoms with Crippen molar-refractivity contribution in [1.82, 2.24) is 9.55 Å². The Morgan fingerprint density at radius 2 is 2.00 bits per heavy atom. The minimum Gasteiger partial charge on any atom is -0.496 e. The van der Waals surface area contributed by atoms with Crippen LogP contribution in [-0.2, 0) is 22.3 Å². The van der Waals surface area contributed by atoms with Crippen molar-refractivity contribution in [1.29, 1.82) is 0 Å². The number of imidazole rings is 1. The van der Waals surface area contributed by atoms with Crippen molar-refractivity contribution in [2.24, 2.45) is 5.14 Å². The van der Waals surface area contributed by atoms with Gasteiger partial charge in [0, 0.05) is 17.9 Å². The van der Waals surface area contributed by atoms with Crippen molar-refractivity contribution in [3.63, 3.8) is 0 Å². The first kappa shape index (κ1) is 18.8. The predicted octanol–water partition coefficient (Wildman–Crippen LogP) is 3.31. The number of nitrogens with two attached hydrogens (primary N) is 1. The lowest BCUT2D eigenvalue weighted by Crippen LogP contribution is -2.11. The summed E-state index contributed by atoms with van der Waals surface area (Å²) in [5.41, 5.74) is 3.77. The molecule has 1 aromatic heterocycles. The van der Waals surface area contributed by atoms with Gasteiger partial charge in [0.2, 0.25) is 10.0 Å². The highest BCUT2D eigenvalue weighted by Crippen LogP contribution is 2.31. The van der Waals surface area contributed by atoms with E-state index in [0.717, 1.165) is 28.5 Å². The smallest absolute Gasteiger partial charge is 0.238 e. The van der Waals surface area contributed by atoms with Gasteiger partial charge >= 0.3 is 0 Å². The third-order valence-electron chi connectivity index (χ3n) is 4.12. The third-order valence-corrected chi connectivity index (χ3v) is 6.06. The monoisotopic (exact) mass is 391 g/mol. The van der Waals surface area contributed by atoms with Crippen LogP contribution in [0, 0.1) is 6.92 Å². The molecule has 0 bridgehead atoms. The maximum Gasteiger partial charge on any atom is 0.238 e. The molecule has 1 heterocycles. The summed E-state index contributed by atoms with van der Waals surface area (Å²) in [7, 11) is -2.08. The summed E-state index contributed by atoms with van der Waals surface area (Å²) in [6.07, 6.45) is 0. The number of aromatic nitrogens is 2. The molecule has 0 fully saturated rings. The summed E-state index contributed by atoms with van der Waals surface area (Å²) >= 11 is 1.59. The van der Waals surface area contributed by atoms with Gasteiger partial charge in [0.25, 0.3) is 0 Å². The zero-order valence-corrected chi connectivity index (χ0v) is 16.5. The van der Waals surface area contributed by atoms with Gasteiger partial charge in [-0.05, 0) is 38.1 Å². The van der Waals surface area contributed by atoms with E-state index in [1.54, 1.807) is 24.9 Å². The molecule has 2 N–H and O–H groups in total. The number of methoxy groups -OCH3 is 1. The largest absolute Gasteiger partial charge is 0.496 e. The molecule has 0 amide bonds. The number of thioether (sulfide) groups is 1. The van der Waals surface area contributed by atoms with E-state index in [1.165, 1.54) is 17.7 Å². The van der Waals surface area contributed by atoms with E-state index in [1.807, 2.05) is 26.0 Å². The first-order valence-corrected chi connectivity index (χ1v) is 10.7. The summed E-state index contributed by atoms with van der Waals surface area (Å²) < 4.78 is 30.7. The first-order chi connectivity index (χ1) is 12.3. The molecule has 3 aromatic rings. The Balaban J connectivity index is 1.96. The molecule has 0 saturated heterocycles. The molecule has 0 radical (unpaired) electrons. The van der Waals surface area contributed by atoms with E-state index >= 15 is 0 Å². The van der Waals surface area contributed by atoms with E-state index in [-0.39, 0.29) is 4.90 Å². The van der Waals surface area contributed by atoms with Gasteiger partial charge in [-0.3, -0.25) is 0 Å². The van der Waals surface area contributed by atoms with Gasteiger partial charge in [-0.15, -0.1) is 0 Å². The second-order valence-corrected chi connectivity index (χ2v) is 8.44. The van der Waals surface area contributed by atoms with Gasteiger partial charge in [0.1, 0.15) is 5.75 Å². The van der Waals surface area contributed by atoms with Gasteiger partial charge in [-0.2, -0.15) is 0 Å². The lowest BCUT2D eigenvalue weighted by Gasteiger charge is -2.10. The fraction of sp³-hybridized carbons (Fsp3) is 0.278. The lowest BCUT2D eigenvalue weighted by molar-refractivity contribution is 0.411. The fourth-order valence-electron chi connectivity index (χ4n) is 2.84. The maximum atomic E-state index is 11.6. The van der Waals surface area contributed by atoms with Crippen LogP contribution in [0.4, 0.5) is 0 Å². The fourth-order valence-corrected chi connectivity index (χ4v) is 4.43. The van der Waals surface area contributed by atoms with Gasteiger partial charge in [-0.1, -0.05) is 29.5 Å². The molecular formula is C18H21N3O3S2. The number of sulfonamides is 1. The van der Waals surface area contributed by atoms with Crippen LogP contribution in [-0.4, -0.2) is 25.1 Å². The van der Waals surface area contributed by atoms with E-state index in [9.17, 15) is 8.42 Å². The molecule has 6 nitrogen and oxygen atoms in total. The van der Waals surface area contributed by atoms with Crippen LogP contribution in [0.1, 0.15) is 18.1 Å². The van der Waals surface area contributed by atoms with Crippen molar-refractivity contribution in [2.75, 3.05) is 7.11 Å². The van der Waals surface area contributed by atoms with Crippen molar-refractivity contribution in [2.45, 2.75) is 36.2 Å². The van der Waals surface area contributed by atoms with Crippen molar-refractivity contribution in [3.05, 3.63) is 47.5 Å². The topological polar surface area (TPSA) is 87.2 Å². The van der Waals surface area contributed by atoms with Gasteiger partial charge in [0.15, 0.2) is 5.16 Å². The van der Waals surface area contributed by atoms with Crippen LogP contribution in [0.2, 0.25) is 0 Å². The Bertz CT molecular complexity index is 1060. The average Bonchev–Trinajstić information content (AvgIpc) is 2.95. The Morgan fingerprint density at radius 3 is 2.65 bits per heavy atom. The van der Waals surface area contributed by atoms with Crippen LogP contribution in [0.3, 0.4) is 0 Å². The minimum absolute atomic E-state index is 0.0719. The van der Waals surface area contributed by atoms with E-state index in [4.69, 9.17) is 9.88 Å². The van der Waals surface area contributed by atoms with Crippen molar-refractivity contribution >= 4 is 32.8 Å². The Morgan fingerprint density at radius 1 is 1.23 bits per heavy atom. The standard InChI is InChI=1S/C18H21N3O3S2/c1-4-21-16-7-6-14(26(19,22)23)10-15(16)20-18(21)25-11-13-9-12(2)5-8-17(13)24-3/h5-10H,4,11H2,1-3H3,(H2,19,22,23). The number of ether oxygens (including phenoxy) is 1. The Kier molecular flexibility index (Phi) is 5.27. The Labute approximate surface area is 157 Å². The maximum absolute atomic E-state index is 11.6. The van der Waals surface area contributed by atoms with Crippen LogP contribution in [0.15, 0.2) is 46.5 Å².